The largest absolute Gasteiger partial charge is 0.319 e. The summed E-state index contributed by atoms with van der Waals surface area (Å²) in [5.41, 5.74) is 0.743. The maximum Gasteiger partial charge on any atom is 0.00101 e. The molecule has 0 bridgehead atoms. The van der Waals surface area contributed by atoms with Crippen molar-refractivity contribution in [2.24, 2.45) is 17.3 Å². The summed E-state index contributed by atoms with van der Waals surface area (Å²) in [5, 5.41) is 3.35. The van der Waals surface area contributed by atoms with E-state index in [-0.39, 0.29) is 0 Å². The predicted molar refractivity (Wildman–Crippen MR) is 47.5 cm³/mol. The van der Waals surface area contributed by atoms with Crippen LogP contribution in [0, 0.1) is 17.3 Å². The number of hydrogen-bond donors (Lipinski definition) is 1. The van der Waals surface area contributed by atoms with E-state index in [2.05, 4.69) is 19.3 Å². The number of nitrogens with one attached hydrogen (secondary N) is 1. The van der Waals surface area contributed by atoms with Crippen LogP contribution < -0.4 is 5.32 Å². The normalized spacial score (nSPS) is 43.6. The molecule has 2 atom stereocenters. The van der Waals surface area contributed by atoms with Crippen molar-refractivity contribution < 1.29 is 0 Å². The van der Waals surface area contributed by atoms with Crippen LogP contribution in [-0.2, 0) is 0 Å². The molecular formula is C10H19N. The van der Waals surface area contributed by atoms with Crippen LogP contribution in [0.4, 0.5) is 0 Å². The molecule has 2 unspecified atom stereocenters. The Balaban J connectivity index is 1.94. The van der Waals surface area contributed by atoms with Crippen LogP contribution in [0.5, 0.6) is 0 Å². The maximum absolute atomic E-state index is 3.35. The third-order valence-corrected chi connectivity index (χ3v) is 3.93. The van der Waals surface area contributed by atoms with Crippen LogP contribution in [0.15, 0.2) is 0 Å². The van der Waals surface area contributed by atoms with Crippen molar-refractivity contribution in [3.8, 4) is 0 Å². The van der Waals surface area contributed by atoms with Gasteiger partial charge in [-0.3, -0.25) is 0 Å². The summed E-state index contributed by atoms with van der Waals surface area (Å²) in [6.45, 7) is 3.68. The Hall–Kier alpha value is -0.0400. The molecule has 2 aliphatic carbocycles. The predicted octanol–water partition coefficient (Wildman–Crippen LogP) is 2.03. The van der Waals surface area contributed by atoms with Gasteiger partial charge in [-0.25, -0.2) is 0 Å². The number of hydrogen-bond acceptors (Lipinski definition) is 1. The summed E-state index contributed by atoms with van der Waals surface area (Å²) < 4.78 is 0. The van der Waals surface area contributed by atoms with Crippen LogP contribution in [0.2, 0.25) is 0 Å². The minimum Gasteiger partial charge on any atom is -0.319 e. The zero-order chi connectivity index (χ0) is 7.90. The van der Waals surface area contributed by atoms with Gasteiger partial charge in [0.1, 0.15) is 0 Å². The van der Waals surface area contributed by atoms with E-state index < -0.39 is 0 Å². The monoisotopic (exact) mass is 153 g/mol. The fourth-order valence-electron chi connectivity index (χ4n) is 2.78. The highest BCUT2D eigenvalue weighted by molar-refractivity contribution is 5.07. The van der Waals surface area contributed by atoms with Crippen molar-refractivity contribution in [1.82, 2.24) is 5.32 Å². The smallest absolute Gasteiger partial charge is 0.00101 e. The maximum atomic E-state index is 3.35. The lowest BCUT2D eigenvalue weighted by molar-refractivity contribution is 0.169. The van der Waals surface area contributed by atoms with Gasteiger partial charge >= 0.3 is 0 Å². The summed E-state index contributed by atoms with van der Waals surface area (Å²) in [4.78, 5) is 0. The Morgan fingerprint density at radius 3 is 2.36 bits per heavy atom. The molecule has 2 rings (SSSR count). The molecule has 0 aromatic carbocycles. The van der Waals surface area contributed by atoms with Crippen LogP contribution >= 0.6 is 0 Å². The van der Waals surface area contributed by atoms with Crippen LogP contribution in [-0.4, -0.2) is 13.6 Å². The van der Waals surface area contributed by atoms with Gasteiger partial charge in [-0.05, 0) is 43.6 Å². The van der Waals surface area contributed by atoms with E-state index in [1.54, 1.807) is 0 Å². The first-order valence-corrected chi connectivity index (χ1v) is 4.94. The van der Waals surface area contributed by atoms with E-state index in [0.29, 0.717) is 0 Å². The first kappa shape index (κ1) is 7.60. The van der Waals surface area contributed by atoms with Gasteiger partial charge in [0.2, 0.25) is 0 Å². The quantitative estimate of drug-likeness (QED) is 0.654. The Labute approximate surface area is 69.6 Å². The van der Waals surface area contributed by atoms with E-state index in [0.717, 1.165) is 17.3 Å². The standard InChI is InChI=1S/C10H19N/c1-8-6-10(8,7-11-2)9-4-3-5-9/h8-9,11H,3-7H2,1-2H3. The molecule has 0 heterocycles. The number of rotatable bonds is 3. The molecule has 0 spiro atoms. The van der Waals surface area contributed by atoms with E-state index in [4.69, 9.17) is 0 Å². The summed E-state index contributed by atoms with van der Waals surface area (Å²) in [5.74, 6) is 2.07. The Bertz CT molecular complexity index is 151. The molecule has 2 fully saturated rings. The van der Waals surface area contributed by atoms with Gasteiger partial charge in [-0.1, -0.05) is 13.3 Å². The van der Waals surface area contributed by atoms with E-state index >= 15 is 0 Å². The molecular weight excluding hydrogens is 134 g/mol. The Kier molecular flexibility index (Phi) is 1.71. The molecule has 0 aromatic heterocycles. The molecule has 1 heteroatoms. The first-order chi connectivity index (χ1) is 5.29. The molecule has 2 aliphatic rings. The average Bonchev–Trinajstić information content (AvgIpc) is 2.38. The summed E-state index contributed by atoms with van der Waals surface area (Å²) >= 11 is 0. The van der Waals surface area contributed by atoms with Gasteiger partial charge in [-0.2, -0.15) is 0 Å². The van der Waals surface area contributed by atoms with Crippen molar-refractivity contribution >= 4 is 0 Å². The molecule has 0 amide bonds. The zero-order valence-electron chi connectivity index (χ0n) is 7.69. The summed E-state index contributed by atoms with van der Waals surface area (Å²) in [6, 6.07) is 0. The lowest BCUT2D eigenvalue weighted by Crippen LogP contribution is -2.33. The van der Waals surface area contributed by atoms with Crippen molar-refractivity contribution in [2.45, 2.75) is 32.6 Å². The van der Waals surface area contributed by atoms with Crippen LogP contribution in [0.3, 0.4) is 0 Å². The highest BCUT2D eigenvalue weighted by Crippen LogP contribution is 2.62. The Morgan fingerprint density at radius 1 is 1.45 bits per heavy atom. The third kappa shape index (κ3) is 1.01. The molecule has 1 N–H and O–H groups in total. The Morgan fingerprint density at radius 2 is 2.09 bits per heavy atom. The molecule has 1 nitrogen and oxygen atoms in total. The first-order valence-electron chi connectivity index (χ1n) is 4.94. The average molecular weight is 153 g/mol. The fraction of sp³-hybridized carbons (Fsp3) is 1.00. The lowest BCUT2D eigenvalue weighted by atomic mass is 9.72. The second-order valence-corrected chi connectivity index (χ2v) is 4.50. The zero-order valence-corrected chi connectivity index (χ0v) is 7.69. The van der Waals surface area contributed by atoms with Crippen LogP contribution in [0.25, 0.3) is 0 Å². The van der Waals surface area contributed by atoms with Crippen molar-refractivity contribution in [2.75, 3.05) is 13.6 Å². The third-order valence-electron chi connectivity index (χ3n) is 3.93. The second kappa shape index (κ2) is 2.48. The topological polar surface area (TPSA) is 12.0 Å². The lowest BCUT2D eigenvalue weighted by Gasteiger charge is -2.35. The summed E-state index contributed by atoms with van der Waals surface area (Å²) in [6.07, 6.45) is 5.99. The van der Waals surface area contributed by atoms with Crippen molar-refractivity contribution in [3.63, 3.8) is 0 Å². The van der Waals surface area contributed by atoms with Crippen molar-refractivity contribution in [1.29, 1.82) is 0 Å². The van der Waals surface area contributed by atoms with E-state index in [9.17, 15) is 0 Å². The molecule has 0 aromatic rings. The fourth-order valence-corrected chi connectivity index (χ4v) is 2.78. The van der Waals surface area contributed by atoms with Gasteiger partial charge in [0.15, 0.2) is 0 Å². The highest BCUT2D eigenvalue weighted by Gasteiger charge is 2.56. The van der Waals surface area contributed by atoms with Gasteiger partial charge < -0.3 is 5.32 Å². The summed E-state index contributed by atoms with van der Waals surface area (Å²) in [7, 11) is 2.09. The van der Waals surface area contributed by atoms with Gasteiger partial charge in [0.05, 0.1) is 0 Å². The molecule has 11 heavy (non-hydrogen) atoms. The molecule has 2 saturated carbocycles. The molecule has 0 aliphatic heterocycles. The SMILES string of the molecule is CNCC1(C2CCC2)CC1C. The highest BCUT2D eigenvalue weighted by atomic mass is 14.9. The van der Waals surface area contributed by atoms with E-state index in [1.165, 1.54) is 32.2 Å². The molecule has 0 saturated heterocycles. The van der Waals surface area contributed by atoms with Crippen LogP contribution in [0.1, 0.15) is 32.6 Å². The van der Waals surface area contributed by atoms with Crippen molar-refractivity contribution in [3.05, 3.63) is 0 Å². The molecule has 0 radical (unpaired) electrons. The van der Waals surface area contributed by atoms with Gasteiger partial charge in [-0.15, -0.1) is 0 Å². The minimum atomic E-state index is 0.743. The van der Waals surface area contributed by atoms with Gasteiger partial charge in [0.25, 0.3) is 0 Å². The van der Waals surface area contributed by atoms with E-state index in [1.807, 2.05) is 0 Å². The minimum absolute atomic E-state index is 0.743. The second-order valence-electron chi connectivity index (χ2n) is 4.50. The molecule has 64 valence electrons. The van der Waals surface area contributed by atoms with Gasteiger partial charge in [0, 0.05) is 6.54 Å².